The molecule has 2 N–H and O–H groups in total. The minimum Gasteiger partial charge on any atom is -0.481 e. The monoisotopic (exact) mass is 283 g/mol. The van der Waals surface area contributed by atoms with Crippen LogP contribution in [0.5, 0.6) is 5.75 Å². The number of ether oxygens (including phenoxy) is 1. The van der Waals surface area contributed by atoms with Crippen LogP contribution in [0.3, 0.4) is 0 Å². The van der Waals surface area contributed by atoms with E-state index in [1.807, 2.05) is 6.92 Å². The van der Waals surface area contributed by atoms with Crippen molar-refractivity contribution in [2.75, 3.05) is 6.54 Å². The second-order valence-electron chi connectivity index (χ2n) is 4.35. The highest BCUT2D eigenvalue weighted by Crippen LogP contribution is 2.18. The van der Waals surface area contributed by atoms with Crippen LogP contribution < -0.4 is 10.1 Å². The van der Waals surface area contributed by atoms with E-state index in [9.17, 15) is 14.0 Å². The van der Waals surface area contributed by atoms with Crippen molar-refractivity contribution >= 4 is 11.9 Å². The number of carboxylic acids is 1. The van der Waals surface area contributed by atoms with E-state index in [-0.39, 0.29) is 11.7 Å². The number of hydrogen-bond donors (Lipinski definition) is 2. The Labute approximate surface area is 116 Å². The quantitative estimate of drug-likeness (QED) is 0.752. The van der Waals surface area contributed by atoms with Gasteiger partial charge < -0.3 is 15.2 Å². The molecule has 0 spiro atoms. The number of rotatable bonds is 7. The fourth-order valence-corrected chi connectivity index (χ4v) is 1.53. The molecule has 1 atom stereocenters. The van der Waals surface area contributed by atoms with Crippen LogP contribution >= 0.6 is 0 Å². The summed E-state index contributed by atoms with van der Waals surface area (Å²) in [4.78, 5) is 22.3. The highest BCUT2D eigenvalue weighted by molar-refractivity contribution is 5.88. The molecular weight excluding hydrogens is 265 g/mol. The van der Waals surface area contributed by atoms with Crippen LogP contribution in [0.2, 0.25) is 0 Å². The number of unbranched alkanes of at least 4 members (excludes halogenated alkanes) is 1. The maximum atomic E-state index is 13.4. The zero-order valence-corrected chi connectivity index (χ0v) is 11.5. The van der Waals surface area contributed by atoms with Crippen LogP contribution in [-0.2, 0) is 4.79 Å². The Morgan fingerprint density at radius 3 is 2.70 bits per heavy atom. The first-order valence-electron chi connectivity index (χ1n) is 6.43. The lowest BCUT2D eigenvalue weighted by Crippen LogP contribution is -2.36. The molecule has 6 heteroatoms. The maximum absolute atomic E-state index is 13.4. The molecule has 0 aliphatic carbocycles. The molecule has 110 valence electrons. The van der Waals surface area contributed by atoms with Crippen molar-refractivity contribution in [2.45, 2.75) is 32.8 Å². The van der Waals surface area contributed by atoms with E-state index in [4.69, 9.17) is 9.84 Å². The van der Waals surface area contributed by atoms with Gasteiger partial charge in [-0.15, -0.1) is 0 Å². The van der Waals surface area contributed by atoms with Crippen LogP contribution in [0.1, 0.15) is 37.0 Å². The number of hydrogen-bond acceptors (Lipinski definition) is 3. The Morgan fingerprint density at radius 2 is 2.15 bits per heavy atom. The van der Waals surface area contributed by atoms with E-state index in [2.05, 4.69) is 5.32 Å². The zero-order chi connectivity index (χ0) is 15.1. The van der Waals surface area contributed by atoms with Crippen molar-refractivity contribution in [2.24, 2.45) is 0 Å². The normalized spacial score (nSPS) is 11.8. The summed E-state index contributed by atoms with van der Waals surface area (Å²) in [7, 11) is 0. The number of nitrogens with one attached hydrogen (secondary N) is 1. The lowest BCUT2D eigenvalue weighted by molar-refractivity contribution is -0.127. The molecule has 0 saturated carbocycles. The number of carbonyl (C=O) groups is 2. The van der Waals surface area contributed by atoms with Gasteiger partial charge in [0.25, 0.3) is 5.91 Å². The Balaban J connectivity index is 2.62. The molecule has 0 radical (unpaired) electrons. The molecule has 1 amide bonds. The van der Waals surface area contributed by atoms with Crippen LogP contribution in [0, 0.1) is 5.82 Å². The molecule has 0 saturated heterocycles. The fourth-order valence-electron chi connectivity index (χ4n) is 1.53. The van der Waals surface area contributed by atoms with Gasteiger partial charge in [0.15, 0.2) is 6.10 Å². The molecule has 0 bridgehead atoms. The zero-order valence-electron chi connectivity index (χ0n) is 11.5. The van der Waals surface area contributed by atoms with Gasteiger partial charge in [-0.1, -0.05) is 13.3 Å². The minimum absolute atomic E-state index is 0.116. The average Bonchev–Trinajstić information content (AvgIpc) is 2.38. The van der Waals surface area contributed by atoms with Crippen molar-refractivity contribution < 1.29 is 23.8 Å². The summed E-state index contributed by atoms with van der Waals surface area (Å²) in [5.74, 6) is -2.42. The summed E-state index contributed by atoms with van der Waals surface area (Å²) in [6.45, 7) is 4.12. The molecule has 0 aliphatic heterocycles. The van der Waals surface area contributed by atoms with E-state index in [0.717, 1.165) is 25.0 Å². The lowest BCUT2D eigenvalue weighted by Gasteiger charge is -2.14. The number of benzene rings is 1. The lowest BCUT2D eigenvalue weighted by atomic mass is 10.2. The molecule has 0 aliphatic rings. The van der Waals surface area contributed by atoms with E-state index in [1.54, 1.807) is 6.92 Å². The first kappa shape index (κ1) is 15.9. The third kappa shape index (κ3) is 4.53. The minimum atomic E-state index is -1.35. The molecule has 0 aromatic heterocycles. The van der Waals surface area contributed by atoms with Crippen LogP contribution in [0.15, 0.2) is 18.2 Å². The van der Waals surface area contributed by atoms with Gasteiger partial charge >= 0.3 is 5.97 Å². The predicted molar refractivity (Wildman–Crippen MR) is 71.4 cm³/mol. The summed E-state index contributed by atoms with van der Waals surface area (Å²) < 4.78 is 18.7. The first-order chi connectivity index (χ1) is 9.45. The van der Waals surface area contributed by atoms with E-state index >= 15 is 0 Å². The van der Waals surface area contributed by atoms with Crippen molar-refractivity contribution in [3.05, 3.63) is 29.6 Å². The molecule has 0 fully saturated rings. The van der Waals surface area contributed by atoms with E-state index in [1.165, 1.54) is 6.07 Å². The smallest absolute Gasteiger partial charge is 0.338 e. The van der Waals surface area contributed by atoms with Crippen LogP contribution in [-0.4, -0.2) is 29.6 Å². The molecular formula is C14H18FNO4. The second-order valence-corrected chi connectivity index (χ2v) is 4.35. The molecule has 1 unspecified atom stereocenters. The van der Waals surface area contributed by atoms with Crippen LogP contribution in [0.25, 0.3) is 0 Å². The maximum Gasteiger partial charge on any atom is 0.338 e. The molecule has 5 nitrogen and oxygen atoms in total. The standard InChI is InChI=1S/C14H18FNO4/c1-3-4-7-16-13(17)9(2)20-10-5-6-11(14(18)19)12(15)8-10/h5-6,8-9H,3-4,7H2,1-2H3,(H,16,17)(H,18,19). The predicted octanol–water partition coefficient (Wildman–Crippen LogP) is 2.21. The summed E-state index contributed by atoms with van der Waals surface area (Å²) in [5.41, 5.74) is -0.433. The van der Waals surface area contributed by atoms with Gasteiger partial charge in [-0.25, -0.2) is 9.18 Å². The van der Waals surface area contributed by atoms with Gasteiger partial charge in [0, 0.05) is 12.6 Å². The van der Waals surface area contributed by atoms with Crippen LogP contribution in [0.4, 0.5) is 4.39 Å². The third-order valence-corrected chi connectivity index (χ3v) is 2.68. The van der Waals surface area contributed by atoms with Gasteiger partial charge in [-0.3, -0.25) is 4.79 Å². The molecule has 1 aromatic rings. The van der Waals surface area contributed by atoms with E-state index < -0.39 is 23.5 Å². The fraction of sp³-hybridized carbons (Fsp3) is 0.429. The molecule has 0 heterocycles. The number of aromatic carboxylic acids is 1. The van der Waals surface area contributed by atoms with Gasteiger partial charge in [0.2, 0.25) is 0 Å². The Kier molecular flexibility index (Phi) is 5.96. The highest BCUT2D eigenvalue weighted by Gasteiger charge is 2.16. The SMILES string of the molecule is CCCCNC(=O)C(C)Oc1ccc(C(=O)O)c(F)c1. The second kappa shape index (κ2) is 7.47. The summed E-state index contributed by atoms with van der Waals surface area (Å²) in [6, 6.07) is 3.39. The Morgan fingerprint density at radius 1 is 1.45 bits per heavy atom. The van der Waals surface area contributed by atoms with Crippen molar-refractivity contribution in [1.82, 2.24) is 5.32 Å². The average molecular weight is 283 g/mol. The number of carboxylic acid groups (broad SMARTS) is 1. The largest absolute Gasteiger partial charge is 0.481 e. The van der Waals surface area contributed by atoms with Gasteiger partial charge in [0.1, 0.15) is 11.6 Å². The van der Waals surface area contributed by atoms with Crippen molar-refractivity contribution in [3.63, 3.8) is 0 Å². The number of amides is 1. The van der Waals surface area contributed by atoms with E-state index in [0.29, 0.717) is 6.54 Å². The highest BCUT2D eigenvalue weighted by atomic mass is 19.1. The first-order valence-corrected chi connectivity index (χ1v) is 6.43. The summed E-state index contributed by atoms with van der Waals surface area (Å²) in [6.07, 6.45) is 1.07. The Hall–Kier alpha value is -2.11. The van der Waals surface area contributed by atoms with Gasteiger partial charge in [0.05, 0.1) is 5.56 Å². The topological polar surface area (TPSA) is 75.6 Å². The molecule has 20 heavy (non-hydrogen) atoms. The number of carbonyl (C=O) groups excluding carboxylic acids is 1. The number of halogens is 1. The van der Waals surface area contributed by atoms with Gasteiger partial charge in [-0.05, 0) is 25.5 Å². The third-order valence-electron chi connectivity index (χ3n) is 2.68. The summed E-state index contributed by atoms with van der Waals surface area (Å²) >= 11 is 0. The summed E-state index contributed by atoms with van der Waals surface area (Å²) in [5, 5.41) is 11.4. The van der Waals surface area contributed by atoms with Gasteiger partial charge in [-0.2, -0.15) is 0 Å². The van der Waals surface area contributed by atoms with Crippen molar-refractivity contribution in [1.29, 1.82) is 0 Å². The Bertz CT molecular complexity index is 490. The molecule has 1 rings (SSSR count). The molecule has 1 aromatic carbocycles. The van der Waals surface area contributed by atoms with Crippen molar-refractivity contribution in [3.8, 4) is 5.75 Å².